The first kappa shape index (κ1) is 21.6. The normalized spacial score (nSPS) is 15.0. The van der Waals surface area contributed by atoms with Crippen molar-refractivity contribution in [1.82, 2.24) is 0 Å². The Labute approximate surface area is 149 Å². The predicted molar refractivity (Wildman–Crippen MR) is 97.1 cm³/mol. The second kappa shape index (κ2) is 8.29. The van der Waals surface area contributed by atoms with Gasteiger partial charge in [0.2, 0.25) is 14.7 Å². The van der Waals surface area contributed by atoms with Gasteiger partial charge in [-0.1, -0.05) is 44.9 Å². The number of hydrogen-bond acceptors (Lipinski definition) is 6. The van der Waals surface area contributed by atoms with E-state index in [-0.39, 0.29) is 4.90 Å². The highest BCUT2D eigenvalue weighted by Gasteiger charge is 2.51. The summed E-state index contributed by atoms with van der Waals surface area (Å²) in [5.74, 6) is -2.41. The van der Waals surface area contributed by atoms with Gasteiger partial charge >= 0.3 is 0 Å². The second-order valence-corrected chi connectivity index (χ2v) is 10.6. The summed E-state index contributed by atoms with van der Waals surface area (Å²) in [6.45, 7) is 3.67. The summed E-state index contributed by atoms with van der Waals surface area (Å²) in [6.07, 6.45) is 1.97. The van der Waals surface area contributed by atoms with Crippen LogP contribution < -0.4 is 11.5 Å². The maximum absolute atomic E-state index is 12.8. The van der Waals surface area contributed by atoms with Crippen LogP contribution in [0, 0.1) is 0 Å². The smallest absolute Gasteiger partial charge is 0.254 e. The summed E-state index contributed by atoms with van der Waals surface area (Å²) in [4.78, 5) is 8.95. The molecular weight excluding hydrogens is 364 g/mol. The first-order valence-corrected chi connectivity index (χ1v) is 11.3. The van der Waals surface area contributed by atoms with Gasteiger partial charge in [-0.3, -0.25) is 4.79 Å². The lowest BCUT2D eigenvalue weighted by atomic mass is 10.2. The number of rotatable bonds is 10. The molecule has 0 radical (unpaired) electrons. The lowest BCUT2D eigenvalue weighted by Crippen LogP contribution is -2.62. The molecule has 142 valence electrons. The third kappa shape index (κ3) is 4.59. The van der Waals surface area contributed by atoms with Gasteiger partial charge in [-0.15, -0.1) is 0 Å². The van der Waals surface area contributed by atoms with Gasteiger partial charge in [-0.2, -0.15) is 0 Å². The average molecular weight is 391 g/mol. The molecule has 25 heavy (non-hydrogen) atoms. The largest absolute Gasteiger partial charge is 0.367 e. The van der Waals surface area contributed by atoms with Crippen LogP contribution in [0.2, 0.25) is 0 Å². The van der Waals surface area contributed by atoms with E-state index in [1.807, 2.05) is 13.8 Å². The Morgan fingerprint density at radius 3 is 1.92 bits per heavy atom. The van der Waals surface area contributed by atoms with Crippen LogP contribution in [-0.4, -0.2) is 38.6 Å². The number of sulfone groups is 2. The average Bonchev–Trinajstić information content (AvgIpc) is 2.54. The van der Waals surface area contributed by atoms with E-state index in [0.717, 1.165) is 0 Å². The van der Waals surface area contributed by atoms with E-state index in [4.69, 9.17) is 11.5 Å². The lowest BCUT2D eigenvalue weighted by Gasteiger charge is -2.28. The lowest BCUT2D eigenvalue weighted by molar-refractivity contribution is -0.119. The van der Waals surface area contributed by atoms with Crippen LogP contribution in [0.1, 0.15) is 39.5 Å². The fraction of sp³-hybridized carbons (Fsp3) is 0.562. The molecule has 1 aromatic carbocycles. The summed E-state index contributed by atoms with van der Waals surface area (Å²) >= 11 is 0. The monoisotopic (exact) mass is 390 g/mol. The van der Waals surface area contributed by atoms with Crippen molar-refractivity contribution in [2.45, 2.75) is 54.5 Å². The molecule has 1 aromatic rings. The molecule has 0 bridgehead atoms. The Kier molecular flexibility index (Phi) is 7.16. The molecule has 1 atom stereocenters. The molecule has 0 saturated heterocycles. The fourth-order valence-electron chi connectivity index (χ4n) is 2.66. The number of primary amides is 1. The third-order valence-corrected chi connectivity index (χ3v) is 8.82. The van der Waals surface area contributed by atoms with Gasteiger partial charge in [-0.25, -0.2) is 16.8 Å². The summed E-state index contributed by atoms with van der Waals surface area (Å²) in [5.41, 5.74) is 11.1. The molecule has 4 N–H and O–H groups in total. The minimum absolute atomic E-state index is 0.242. The Bertz CT molecular complexity index is 785. The predicted octanol–water partition coefficient (Wildman–Crippen LogP) is 0.984. The molecule has 1 unspecified atom stereocenters. The minimum atomic E-state index is -4.47. The molecule has 0 aliphatic rings. The van der Waals surface area contributed by atoms with Gasteiger partial charge in [0.05, 0.1) is 15.9 Å². The van der Waals surface area contributed by atoms with Crippen molar-refractivity contribution >= 4 is 25.6 Å². The van der Waals surface area contributed by atoms with Crippen molar-refractivity contribution in [2.75, 3.05) is 5.75 Å². The zero-order valence-electron chi connectivity index (χ0n) is 14.5. The molecule has 0 heterocycles. The van der Waals surface area contributed by atoms with Gasteiger partial charge < -0.3 is 11.5 Å². The van der Waals surface area contributed by atoms with Crippen LogP contribution in [0.15, 0.2) is 35.2 Å². The van der Waals surface area contributed by atoms with Crippen molar-refractivity contribution in [3.63, 3.8) is 0 Å². The van der Waals surface area contributed by atoms with Gasteiger partial charge in [0.25, 0.3) is 5.91 Å². The molecule has 0 saturated carbocycles. The van der Waals surface area contributed by atoms with E-state index in [1.54, 1.807) is 6.07 Å². The molecule has 1 amide bonds. The molecular formula is C16H26N2O5S2. The number of carbonyl (C=O) groups excluding carboxylic acids is 1. The fourth-order valence-corrected chi connectivity index (χ4v) is 7.13. The van der Waals surface area contributed by atoms with Crippen LogP contribution in [0.3, 0.4) is 0 Å². The number of carbonyl (C=O) groups is 1. The number of hydrogen-bond donors (Lipinski definition) is 2. The van der Waals surface area contributed by atoms with Gasteiger partial charge in [-0.05, 0) is 25.0 Å². The molecule has 0 aliphatic carbocycles. The van der Waals surface area contributed by atoms with Crippen LogP contribution in [0.25, 0.3) is 0 Å². The Balaban J connectivity index is 3.38. The van der Waals surface area contributed by atoms with E-state index in [0.29, 0.717) is 25.7 Å². The highest BCUT2D eigenvalue weighted by molar-refractivity contribution is 7.97. The number of amides is 1. The quantitative estimate of drug-likeness (QED) is 0.611. The van der Waals surface area contributed by atoms with E-state index in [2.05, 4.69) is 0 Å². The van der Waals surface area contributed by atoms with Crippen LogP contribution in [0.5, 0.6) is 0 Å². The topological polar surface area (TPSA) is 137 Å². The van der Waals surface area contributed by atoms with Crippen molar-refractivity contribution < 1.29 is 21.6 Å². The van der Waals surface area contributed by atoms with E-state index in [1.165, 1.54) is 24.3 Å². The zero-order chi connectivity index (χ0) is 19.3. The zero-order valence-corrected chi connectivity index (χ0v) is 16.1. The van der Waals surface area contributed by atoms with Gasteiger partial charge in [0.1, 0.15) is 0 Å². The SMILES string of the molecule is CCCC(CCC)S(=O)(=O)CC(N)(C(N)=O)S(=O)(=O)c1ccccc1. The molecule has 0 spiro atoms. The molecule has 0 fully saturated rings. The minimum Gasteiger partial charge on any atom is -0.367 e. The molecule has 0 aromatic heterocycles. The third-order valence-electron chi connectivity index (χ3n) is 4.09. The second-order valence-electron chi connectivity index (χ2n) is 6.08. The number of nitrogens with two attached hydrogens (primary N) is 2. The first-order valence-electron chi connectivity index (χ1n) is 8.13. The molecule has 0 aliphatic heterocycles. The standard InChI is InChI=1S/C16H26N2O5S2/c1-3-8-13(9-4-2)24(20,21)12-16(18,15(17)19)25(22,23)14-10-6-5-7-11-14/h5-7,10-11,13H,3-4,8-9,12,18H2,1-2H3,(H2,17,19). The Morgan fingerprint density at radius 2 is 1.52 bits per heavy atom. The first-order chi connectivity index (χ1) is 11.5. The van der Waals surface area contributed by atoms with E-state index < -0.39 is 41.5 Å². The molecule has 9 heteroatoms. The summed E-state index contributed by atoms with van der Waals surface area (Å²) in [7, 11) is -8.42. The van der Waals surface area contributed by atoms with E-state index in [9.17, 15) is 21.6 Å². The van der Waals surface area contributed by atoms with Gasteiger partial charge in [0, 0.05) is 0 Å². The highest BCUT2D eigenvalue weighted by atomic mass is 32.2. The summed E-state index contributed by atoms with van der Waals surface area (Å²) in [5, 5.41) is -0.754. The van der Waals surface area contributed by atoms with Crippen LogP contribution in [0.4, 0.5) is 0 Å². The van der Waals surface area contributed by atoms with Crippen molar-refractivity contribution in [3.8, 4) is 0 Å². The maximum atomic E-state index is 12.8. The highest BCUT2D eigenvalue weighted by Crippen LogP contribution is 2.26. The van der Waals surface area contributed by atoms with Crippen LogP contribution >= 0.6 is 0 Å². The van der Waals surface area contributed by atoms with Crippen molar-refractivity contribution in [2.24, 2.45) is 11.5 Å². The Hall–Kier alpha value is -1.45. The molecule has 1 rings (SSSR count). The van der Waals surface area contributed by atoms with Gasteiger partial charge in [0.15, 0.2) is 9.84 Å². The van der Waals surface area contributed by atoms with Crippen molar-refractivity contribution in [3.05, 3.63) is 30.3 Å². The van der Waals surface area contributed by atoms with Crippen molar-refractivity contribution in [1.29, 1.82) is 0 Å². The number of benzene rings is 1. The maximum Gasteiger partial charge on any atom is 0.254 e. The summed E-state index contributed by atoms with van der Waals surface area (Å²) in [6, 6.07) is 7.01. The van der Waals surface area contributed by atoms with Crippen LogP contribution in [-0.2, 0) is 24.5 Å². The van der Waals surface area contributed by atoms with E-state index >= 15 is 0 Å². The Morgan fingerprint density at radius 1 is 1.04 bits per heavy atom. The molecule has 7 nitrogen and oxygen atoms in total. The summed E-state index contributed by atoms with van der Waals surface area (Å²) < 4.78 is 51.2.